The number of benzene rings is 1. The standard InChI is InChI=1S/C20H20FN7.3H2/c1-12(2)18(13-4-6-14(21)7-5-13)26-16-10-15(24-11-25-16)17-19(22)27-28-9-3-8-23-20(17)28;;;/h3-12,18H,1-2H3,(H2,22,27)(H,24,25,26);3*1H/t18-;;;/m0.../s1. The van der Waals surface area contributed by atoms with Crippen molar-refractivity contribution in [2.45, 2.75) is 19.9 Å². The SMILES string of the molecule is CC(C)[C@H](Nc1cc(-c2c(N)nn3cccnc23)ncn1)c1ccc(F)cc1.[HH].[HH].[HH]. The van der Waals surface area contributed by atoms with Gasteiger partial charge in [-0.25, -0.2) is 23.9 Å². The normalized spacial score (nSPS) is 12.4. The van der Waals surface area contributed by atoms with Crippen molar-refractivity contribution < 1.29 is 8.67 Å². The Kier molecular flexibility index (Phi) is 4.60. The maximum atomic E-state index is 13.3. The summed E-state index contributed by atoms with van der Waals surface area (Å²) in [6, 6.07) is 10.0. The Balaban J connectivity index is 0.00000160. The fourth-order valence-corrected chi connectivity index (χ4v) is 3.19. The molecule has 7 nitrogen and oxygen atoms in total. The monoisotopic (exact) mass is 383 g/mol. The van der Waals surface area contributed by atoms with E-state index in [0.29, 0.717) is 28.5 Å². The molecule has 0 fully saturated rings. The number of halogens is 1. The van der Waals surface area contributed by atoms with Crippen molar-refractivity contribution in [3.8, 4) is 11.3 Å². The van der Waals surface area contributed by atoms with E-state index in [1.54, 1.807) is 35.1 Å². The molecule has 3 N–H and O–H groups in total. The number of nitrogens with zero attached hydrogens (tertiary/aromatic N) is 5. The van der Waals surface area contributed by atoms with Crippen molar-refractivity contribution in [3.05, 3.63) is 66.5 Å². The summed E-state index contributed by atoms with van der Waals surface area (Å²) < 4.78 is 14.9. The van der Waals surface area contributed by atoms with Crippen LogP contribution in [0.2, 0.25) is 0 Å². The van der Waals surface area contributed by atoms with Crippen LogP contribution in [0, 0.1) is 11.7 Å². The Labute approximate surface area is 165 Å². The van der Waals surface area contributed by atoms with Gasteiger partial charge in [-0.1, -0.05) is 26.0 Å². The predicted octanol–water partition coefficient (Wildman–Crippen LogP) is 4.45. The zero-order valence-corrected chi connectivity index (χ0v) is 15.5. The average Bonchev–Trinajstić information content (AvgIpc) is 3.02. The maximum Gasteiger partial charge on any atom is 0.166 e. The third kappa shape index (κ3) is 3.36. The van der Waals surface area contributed by atoms with Crippen molar-refractivity contribution in [2.75, 3.05) is 11.1 Å². The molecule has 1 atom stereocenters. The molecule has 0 amide bonds. The molecular weight excluding hydrogens is 357 g/mol. The number of hydrogen-bond donors (Lipinski definition) is 2. The van der Waals surface area contributed by atoms with Crippen LogP contribution in [0.4, 0.5) is 16.0 Å². The van der Waals surface area contributed by atoms with E-state index < -0.39 is 0 Å². The number of fused-ring (bicyclic) bond motifs is 1. The summed E-state index contributed by atoms with van der Waals surface area (Å²) in [6.07, 6.45) is 4.95. The zero-order chi connectivity index (χ0) is 19.7. The minimum Gasteiger partial charge on any atom is -0.382 e. The van der Waals surface area contributed by atoms with Crippen LogP contribution < -0.4 is 11.1 Å². The summed E-state index contributed by atoms with van der Waals surface area (Å²) in [5.41, 5.74) is 9.00. The van der Waals surface area contributed by atoms with Gasteiger partial charge in [0.25, 0.3) is 0 Å². The van der Waals surface area contributed by atoms with Crippen molar-refractivity contribution in [2.24, 2.45) is 5.92 Å². The largest absolute Gasteiger partial charge is 0.382 e. The lowest BCUT2D eigenvalue weighted by molar-refractivity contribution is 0.542. The second kappa shape index (κ2) is 7.22. The van der Waals surface area contributed by atoms with E-state index in [1.165, 1.54) is 18.5 Å². The molecule has 3 heterocycles. The van der Waals surface area contributed by atoms with Crippen LogP contribution >= 0.6 is 0 Å². The minimum absolute atomic E-state index is 0. The van der Waals surface area contributed by atoms with Crippen molar-refractivity contribution in [1.29, 1.82) is 0 Å². The minimum atomic E-state index is -0.258. The highest BCUT2D eigenvalue weighted by Crippen LogP contribution is 2.30. The van der Waals surface area contributed by atoms with Crippen molar-refractivity contribution in [1.82, 2.24) is 24.6 Å². The van der Waals surface area contributed by atoms with Gasteiger partial charge in [0.15, 0.2) is 11.5 Å². The molecule has 0 aliphatic heterocycles. The molecule has 0 aliphatic carbocycles. The molecule has 0 bridgehead atoms. The average molecular weight is 383 g/mol. The third-order valence-corrected chi connectivity index (χ3v) is 4.54. The third-order valence-electron chi connectivity index (χ3n) is 4.54. The van der Waals surface area contributed by atoms with Gasteiger partial charge in [0.2, 0.25) is 0 Å². The van der Waals surface area contributed by atoms with E-state index in [0.717, 1.165) is 5.56 Å². The van der Waals surface area contributed by atoms with Crippen LogP contribution in [0.5, 0.6) is 0 Å². The van der Waals surface area contributed by atoms with Gasteiger partial charge in [0.05, 0.1) is 17.3 Å². The molecule has 1 aromatic carbocycles. The van der Waals surface area contributed by atoms with Crippen LogP contribution in [-0.4, -0.2) is 24.6 Å². The lowest BCUT2D eigenvalue weighted by Gasteiger charge is -2.23. The van der Waals surface area contributed by atoms with Crippen molar-refractivity contribution >= 4 is 17.3 Å². The molecule has 0 saturated heterocycles. The Morgan fingerprint density at radius 2 is 1.93 bits per heavy atom. The summed E-state index contributed by atoms with van der Waals surface area (Å²) in [5, 5.41) is 7.70. The smallest absolute Gasteiger partial charge is 0.166 e. The molecule has 148 valence electrons. The van der Waals surface area contributed by atoms with E-state index in [9.17, 15) is 4.39 Å². The fraction of sp³-hybridized carbons (Fsp3) is 0.200. The molecule has 0 radical (unpaired) electrons. The van der Waals surface area contributed by atoms with E-state index >= 15 is 0 Å². The number of aromatic nitrogens is 5. The maximum absolute atomic E-state index is 13.3. The van der Waals surface area contributed by atoms with Gasteiger partial charge in [0.1, 0.15) is 18.0 Å². The van der Waals surface area contributed by atoms with E-state index in [1.807, 2.05) is 6.07 Å². The molecule has 4 rings (SSSR count). The number of nitrogen functional groups attached to an aromatic ring is 1. The molecular formula is C20H26FN7. The van der Waals surface area contributed by atoms with Crippen LogP contribution in [0.25, 0.3) is 16.9 Å². The molecule has 8 heteroatoms. The molecule has 4 aromatic rings. The number of nitrogens with two attached hydrogens (primary N) is 1. The van der Waals surface area contributed by atoms with Crippen LogP contribution in [0.3, 0.4) is 0 Å². The lowest BCUT2D eigenvalue weighted by Crippen LogP contribution is -2.17. The van der Waals surface area contributed by atoms with Gasteiger partial charge < -0.3 is 11.1 Å². The van der Waals surface area contributed by atoms with E-state index in [-0.39, 0.29) is 22.1 Å². The quantitative estimate of drug-likeness (QED) is 0.529. The van der Waals surface area contributed by atoms with Gasteiger partial charge in [0, 0.05) is 22.7 Å². The topological polar surface area (TPSA) is 94.0 Å². The Morgan fingerprint density at radius 1 is 1.14 bits per heavy atom. The highest BCUT2D eigenvalue weighted by atomic mass is 19.1. The Hall–Kier alpha value is -3.55. The first-order valence-electron chi connectivity index (χ1n) is 8.96. The predicted molar refractivity (Wildman–Crippen MR) is 112 cm³/mol. The number of anilines is 2. The summed E-state index contributed by atoms with van der Waals surface area (Å²) in [4.78, 5) is 13.1. The molecule has 0 unspecified atom stereocenters. The highest BCUT2D eigenvalue weighted by Gasteiger charge is 2.19. The van der Waals surface area contributed by atoms with Gasteiger partial charge in [-0.15, -0.1) is 5.10 Å². The Bertz CT molecular complexity index is 1120. The summed E-state index contributed by atoms with van der Waals surface area (Å²) in [6.45, 7) is 4.19. The second-order valence-corrected chi connectivity index (χ2v) is 6.85. The zero-order valence-electron chi connectivity index (χ0n) is 15.5. The van der Waals surface area contributed by atoms with Gasteiger partial charge in [-0.2, -0.15) is 0 Å². The summed E-state index contributed by atoms with van der Waals surface area (Å²) >= 11 is 0. The van der Waals surface area contributed by atoms with Crippen LogP contribution in [-0.2, 0) is 0 Å². The number of hydrogen-bond acceptors (Lipinski definition) is 6. The molecule has 0 saturated carbocycles. The lowest BCUT2D eigenvalue weighted by atomic mass is 9.96. The molecule has 0 spiro atoms. The van der Waals surface area contributed by atoms with Crippen molar-refractivity contribution in [3.63, 3.8) is 0 Å². The van der Waals surface area contributed by atoms with Crippen LogP contribution in [0.1, 0.15) is 29.7 Å². The van der Waals surface area contributed by atoms with Crippen LogP contribution in [0.15, 0.2) is 55.1 Å². The molecule has 0 aliphatic rings. The first kappa shape index (κ1) is 17.8. The van der Waals surface area contributed by atoms with E-state index in [4.69, 9.17) is 5.73 Å². The highest BCUT2D eigenvalue weighted by molar-refractivity contribution is 5.84. The van der Waals surface area contributed by atoms with Gasteiger partial charge >= 0.3 is 0 Å². The molecule has 28 heavy (non-hydrogen) atoms. The number of rotatable bonds is 5. The first-order valence-corrected chi connectivity index (χ1v) is 8.96. The Morgan fingerprint density at radius 3 is 2.68 bits per heavy atom. The number of nitrogens with one attached hydrogen (secondary N) is 1. The van der Waals surface area contributed by atoms with Gasteiger partial charge in [-0.05, 0) is 29.7 Å². The van der Waals surface area contributed by atoms with E-state index in [2.05, 4.69) is 39.2 Å². The summed E-state index contributed by atoms with van der Waals surface area (Å²) in [7, 11) is 0. The van der Waals surface area contributed by atoms with Gasteiger partial charge in [-0.3, -0.25) is 0 Å². The first-order chi connectivity index (χ1) is 13.5. The molecule has 3 aromatic heterocycles. The fourth-order valence-electron chi connectivity index (χ4n) is 3.19. The summed E-state index contributed by atoms with van der Waals surface area (Å²) in [5.74, 6) is 0.990. The second-order valence-electron chi connectivity index (χ2n) is 6.85.